The highest BCUT2D eigenvalue weighted by molar-refractivity contribution is 6.15. The maximum absolute atomic E-state index is 10.8. The first kappa shape index (κ1) is 30.7. The van der Waals surface area contributed by atoms with Gasteiger partial charge in [-0.15, -0.1) is 0 Å². The maximum Gasteiger partial charge on any atom is 0.102 e. The van der Waals surface area contributed by atoms with Gasteiger partial charge in [-0.05, 0) is 72.3 Å². The van der Waals surface area contributed by atoms with E-state index < -0.39 is 0 Å². The number of rotatable bonds is 4. The molecule has 0 radical (unpaired) electrons. The summed E-state index contributed by atoms with van der Waals surface area (Å²) in [6.45, 7) is 0. The predicted molar refractivity (Wildman–Crippen MR) is 224 cm³/mol. The number of aromatic nitrogens is 3. The molecule has 0 saturated carbocycles. The summed E-state index contributed by atoms with van der Waals surface area (Å²) in [5.74, 6) is 0. The van der Waals surface area contributed by atoms with E-state index in [1.807, 2.05) is 30.3 Å². The summed E-state index contributed by atoms with van der Waals surface area (Å²) in [5, 5.41) is 27.5. The minimum absolute atomic E-state index is 0.622. The van der Waals surface area contributed by atoms with Gasteiger partial charge in [0.2, 0.25) is 0 Å². The van der Waals surface area contributed by atoms with Crippen LogP contribution in [0.25, 0.3) is 93.6 Å². The van der Waals surface area contributed by atoms with Gasteiger partial charge in [0.1, 0.15) is 6.07 Å². The number of hydrogen-bond acceptors (Lipinski definition) is 2. The summed E-state index contributed by atoms with van der Waals surface area (Å²) in [7, 11) is 0. The zero-order chi connectivity index (χ0) is 36.6. The summed E-state index contributed by atoms with van der Waals surface area (Å²) in [5.41, 5.74) is 12.4. The van der Waals surface area contributed by atoms with Gasteiger partial charge in [0.15, 0.2) is 0 Å². The molecule has 3 heterocycles. The van der Waals surface area contributed by atoms with Crippen LogP contribution in [-0.4, -0.2) is 13.7 Å². The number of nitriles is 2. The van der Waals surface area contributed by atoms with E-state index in [9.17, 15) is 10.5 Å². The molecule has 0 atom stereocenters. The molecule has 0 bridgehead atoms. The third-order valence-electron chi connectivity index (χ3n) is 11.1. The molecule has 254 valence electrons. The molecule has 55 heavy (non-hydrogen) atoms. The van der Waals surface area contributed by atoms with Crippen molar-refractivity contribution in [2.45, 2.75) is 0 Å². The van der Waals surface area contributed by atoms with Crippen molar-refractivity contribution in [3.05, 3.63) is 187 Å². The van der Waals surface area contributed by atoms with Crippen molar-refractivity contribution in [1.29, 1.82) is 10.5 Å². The summed E-state index contributed by atoms with van der Waals surface area (Å²) in [6.07, 6.45) is 0. The average Bonchev–Trinajstić information content (AvgIpc) is 3.89. The fraction of sp³-hybridized carbons (Fsp3) is 0. The molecule has 0 unspecified atom stereocenters. The minimum atomic E-state index is 0.622. The lowest BCUT2D eigenvalue weighted by molar-refractivity contribution is 1.13. The smallest absolute Gasteiger partial charge is 0.102 e. The Labute approximate surface area is 316 Å². The lowest BCUT2D eigenvalue weighted by atomic mass is 9.98. The van der Waals surface area contributed by atoms with Crippen molar-refractivity contribution in [3.8, 4) is 40.3 Å². The van der Waals surface area contributed by atoms with Gasteiger partial charge in [-0.2, -0.15) is 10.5 Å². The fourth-order valence-electron chi connectivity index (χ4n) is 8.81. The van der Waals surface area contributed by atoms with Gasteiger partial charge in [0.05, 0.1) is 61.7 Å². The molecule has 5 nitrogen and oxygen atoms in total. The van der Waals surface area contributed by atoms with Gasteiger partial charge in [0, 0.05) is 43.6 Å². The Balaban J connectivity index is 1.13. The Morgan fingerprint density at radius 1 is 0.364 bits per heavy atom. The van der Waals surface area contributed by atoms with Gasteiger partial charge in [-0.1, -0.05) is 109 Å². The van der Waals surface area contributed by atoms with E-state index in [4.69, 9.17) is 0 Å². The second-order valence-electron chi connectivity index (χ2n) is 14.0. The topological polar surface area (TPSA) is 62.4 Å². The van der Waals surface area contributed by atoms with Crippen LogP contribution in [0.4, 0.5) is 0 Å². The molecular formula is C50H29N5. The lowest BCUT2D eigenvalue weighted by Gasteiger charge is -2.16. The Hall–Kier alpha value is -7.86. The van der Waals surface area contributed by atoms with Crippen LogP contribution in [0, 0.1) is 22.7 Å². The van der Waals surface area contributed by atoms with Crippen LogP contribution in [0.1, 0.15) is 11.1 Å². The molecule has 0 fully saturated rings. The first-order chi connectivity index (χ1) is 27.2. The summed E-state index contributed by atoms with van der Waals surface area (Å²) in [4.78, 5) is 0. The van der Waals surface area contributed by atoms with Gasteiger partial charge in [-0.25, -0.2) is 0 Å². The van der Waals surface area contributed by atoms with E-state index in [1.165, 1.54) is 10.8 Å². The highest BCUT2D eigenvalue weighted by Crippen LogP contribution is 2.41. The van der Waals surface area contributed by atoms with Crippen LogP contribution in [0.3, 0.4) is 0 Å². The predicted octanol–water partition coefficient (Wildman–Crippen LogP) is 12.4. The largest absolute Gasteiger partial charge is 0.308 e. The molecule has 0 saturated heterocycles. The van der Waals surface area contributed by atoms with Crippen molar-refractivity contribution in [1.82, 2.24) is 13.7 Å². The van der Waals surface area contributed by atoms with Gasteiger partial charge in [-0.3, -0.25) is 0 Å². The monoisotopic (exact) mass is 699 g/mol. The standard InChI is InChI=1S/C50H29N5/c51-30-32-23-28-48-41(29-32)40-16-10-22-49(55-45-19-7-3-13-38(45)39-14-4-8-20-46(39)55)50(40)53(48)34-26-24-33(25-27-34)35-15-9-21-47(42(35)31-52)54-43-17-5-1-11-36(43)37-12-2-6-18-44(37)54/h1-29H. The van der Waals surface area contributed by atoms with E-state index in [2.05, 4.69) is 171 Å². The Morgan fingerprint density at radius 2 is 0.855 bits per heavy atom. The highest BCUT2D eigenvalue weighted by atomic mass is 15.1. The molecule has 0 N–H and O–H groups in total. The minimum Gasteiger partial charge on any atom is -0.308 e. The first-order valence-corrected chi connectivity index (χ1v) is 18.3. The Kier molecular flexibility index (Phi) is 6.61. The SMILES string of the molecule is N#Cc1ccc2c(c1)c1cccc(-n3c4ccccc4c4ccccc43)c1n2-c1ccc(-c2cccc(-n3c4ccccc4c4ccccc43)c2C#N)cc1. The van der Waals surface area contributed by atoms with Crippen LogP contribution < -0.4 is 0 Å². The van der Waals surface area contributed by atoms with Crippen LogP contribution >= 0.6 is 0 Å². The third kappa shape index (κ3) is 4.39. The molecule has 11 rings (SSSR count). The second kappa shape index (κ2) is 11.8. The number of benzene rings is 8. The molecule has 5 heteroatoms. The molecule has 0 aliphatic rings. The molecular weight excluding hydrogens is 671 g/mol. The summed E-state index contributed by atoms with van der Waals surface area (Å²) >= 11 is 0. The number of nitrogens with zero attached hydrogens (tertiary/aromatic N) is 5. The second-order valence-corrected chi connectivity index (χ2v) is 14.0. The summed E-state index contributed by atoms with van der Waals surface area (Å²) in [6, 6.07) is 65.9. The van der Waals surface area contributed by atoms with Crippen molar-refractivity contribution in [2.75, 3.05) is 0 Å². The van der Waals surface area contributed by atoms with Crippen molar-refractivity contribution < 1.29 is 0 Å². The number of para-hydroxylation sites is 5. The van der Waals surface area contributed by atoms with E-state index in [-0.39, 0.29) is 0 Å². The molecule has 3 aromatic heterocycles. The molecule has 0 aliphatic heterocycles. The quantitative estimate of drug-likeness (QED) is 0.184. The van der Waals surface area contributed by atoms with Crippen LogP contribution in [-0.2, 0) is 0 Å². The zero-order valence-electron chi connectivity index (χ0n) is 29.5. The molecule has 0 spiro atoms. The van der Waals surface area contributed by atoms with Crippen LogP contribution in [0.2, 0.25) is 0 Å². The van der Waals surface area contributed by atoms with Gasteiger partial charge < -0.3 is 13.7 Å². The Bertz CT molecular complexity index is 3350. The van der Waals surface area contributed by atoms with E-state index >= 15 is 0 Å². The average molecular weight is 700 g/mol. The Morgan fingerprint density at radius 3 is 1.42 bits per heavy atom. The molecule has 11 aromatic rings. The van der Waals surface area contributed by atoms with Crippen LogP contribution in [0.5, 0.6) is 0 Å². The van der Waals surface area contributed by atoms with Crippen molar-refractivity contribution in [3.63, 3.8) is 0 Å². The van der Waals surface area contributed by atoms with Crippen LogP contribution in [0.15, 0.2) is 176 Å². The lowest BCUT2D eigenvalue weighted by Crippen LogP contribution is -2.01. The summed E-state index contributed by atoms with van der Waals surface area (Å²) < 4.78 is 6.89. The molecule has 8 aromatic carbocycles. The maximum atomic E-state index is 10.8. The van der Waals surface area contributed by atoms with E-state index in [1.54, 1.807) is 0 Å². The zero-order valence-corrected chi connectivity index (χ0v) is 29.5. The number of hydrogen-bond donors (Lipinski definition) is 0. The highest BCUT2D eigenvalue weighted by Gasteiger charge is 2.21. The van der Waals surface area contributed by atoms with Crippen molar-refractivity contribution >= 4 is 65.4 Å². The molecule has 0 aliphatic carbocycles. The van der Waals surface area contributed by atoms with Gasteiger partial charge in [0.25, 0.3) is 0 Å². The normalized spacial score (nSPS) is 11.6. The van der Waals surface area contributed by atoms with Crippen molar-refractivity contribution in [2.24, 2.45) is 0 Å². The third-order valence-corrected chi connectivity index (χ3v) is 11.1. The first-order valence-electron chi connectivity index (χ1n) is 18.3. The fourth-order valence-corrected chi connectivity index (χ4v) is 8.81. The van der Waals surface area contributed by atoms with E-state index in [0.717, 1.165) is 82.8 Å². The number of fused-ring (bicyclic) bond motifs is 9. The van der Waals surface area contributed by atoms with Gasteiger partial charge >= 0.3 is 0 Å². The molecule has 0 amide bonds. The van der Waals surface area contributed by atoms with E-state index in [0.29, 0.717) is 11.1 Å².